The van der Waals surface area contributed by atoms with Crippen molar-refractivity contribution in [1.29, 1.82) is 0 Å². The number of benzene rings is 2. The molecule has 5 heteroatoms. The molecule has 4 aromatic rings. The molecular weight excluding hydrogens is 328 g/mol. The first-order valence-corrected chi connectivity index (χ1v) is 8.54. The molecule has 2 aromatic heterocycles. The number of aryl methyl sites for hydroxylation is 1. The molecule has 4 rings (SSSR count). The lowest BCUT2D eigenvalue weighted by atomic mass is 10.1. The normalized spacial score (nSPS) is 11.2. The van der Waals surface area contributed by atoms with Gasteiger partial charge in [-0.25, -0.2) is 9.97 Å². The first-order valence-electron chi connectivity index (χ1n) is 7.34. The fraction of sp³-hybridized carbons (Fsp3) is 0.111. The Bertz CT molecular complexity index is 972. The van der Waals surface area contributed by atoms with Crippen LogP contribution < -0.4 is 0 Å². The molecule has 0 saturated carbocycles. The number of thiazole rings is 1. The van der Waals surface area contributed by atoms with Crippen LogP contribution in [-0.4, -0.2) is 9.97 Å². The monoisotopic (exact) mass is 340 g/mol. The summed E-state index contributed by atoms with van der Waals surface area (Å²) >= 11 is 7.56. The first-order chi connectivity index (χ1) is 11.2. The van der Waals surface area contributed by atoms with Gasteiger partial charge in [0, 0.05) is 10.6 Å². The van der Waals surface area contributed by atoms with Gasteiger partial charge in [0.1, 0.15) is 0 Å². The van der Waals surface area contributed by atoms with Gasteiger partial charge in [0.15, 0.2) is 10.8 Å². The third kappa shape index (κ3) is 2.76. The van der Waals surface area contributed by atoms with E-state index in [1.54, 1.807) is 17.5 Å². The maximum atomic E-state index is 6.01. The molecule has 23 heavy (non-hydrogen) atoms. The quantitative estimate of drug-likeness (QED) is 0.470. The molecule has 0 spiro atoms. The minimum atomic E-state index is 0.539. The standard InChI is InChI=1S/C18H13ClN2OS/c1-2-11-3-5-12(6-4-11)15-10-20-17(22-15)18-21-14-9-13(19)7-8-16(14)23-18/h3-10H,2H2,1H3. The number of nitrogens with zero attached hydrogens (tertiary/aromatic N) is 2. The van der Waals surface area contributed by atoms with Gasteiger partial charge >= 0.3 is 0 Å². The molecule has 2 aromatic carbocycles. The van der Waals surface area contributed by atoms with Crippen molar-refractivity contribution in [2.75, 3.05) is 0 Å². The summed E-state index contributed by atoms with van der Waals surface area (Å²) in [6.45, 7) is 2.14. The second-order valence-electron chi connectivity index (χ2n) is 5.21. The number of rotatable bonds is 3. The highest BCUT2D eigenvalue weighted by atomic mass is 35.5. The van der Waals surface area contributed by atoms with E-state index in [-0.39, 0.29) is 0 Å². The van der Waals surface area contributed by atoms with Crippen LogP contribution in [0.25, 0.3) is 32.4 Å². The SMILES string of the molecule is CCc1ccc(-c2cnc(-c3nc4cc(Cl)ccc4s3)o2)cc1. The number of oxazole rings is 1. The fourth-order valence-electron chi connectivity index (χ4n) is 2.40. The van der Waals surface area contributed by atoms with Crippen LogP contribution >= 0.6 is 22.9 Å². The largest absolute Gasteiger partial charge is 0.434 e. The van der Waals surface area contributed by atoms with Crippen molar-refractivity contribution >= 4 is 33.2 Å². The second kappa shape index (κ2) is 5.80. The predicted octanol–water partition coefficient (Wildman–Crippen LogP) is 5.83. The van der Waals surface area contributed by atoms with Crippen molar-refractivity contribution in [2.45, 2.75) is 13.3 Å². The lowest BCUT2D eigenvalue weighted by molar-refractivity contribution is 0.588. The summed E-state index contributed by atoms with van der Waals surface area (Å²) in [5, 5.41) is 1.44. The van der Waals surface area contributed by atoms with E-state index >= 15 is 0 Å². The van der Waals surface area contributed by atoms with Crippen molar-refractivity contribution in [1.82, 2.24) is 9.97 Å². The minimum Gasteiger partial charge on any atom is -0.434 e. The third-order valence-electron chi connectivity index (χ3n) is 3.68. The Kier molecular flexibility index (Phi) is 3.63. The van der Waals surface area contributed by atoms with E-state index in [1.807, 2.05) is 18.2 Å². The van der Waals surface area contributed by atoms with Gasteiger partial charge in [-0.05, 0) is 30.2 Å². The van der Waals surface area contributed by atoms with Crippen LogP contribution in [0.5, 0.6) is 0 Å². The zero-order valence-electron chi connectivity index (χ0n) is 12.4. The van der Waals surface area contributed by atoms with E-state index in [9.17, 15) is 0 Å². The molecule has 0 aliphatic carbocycles. The molecule has 0 atom stereocenters. The molecule has 0 bridgehead atoms. The van der Waals surface area contributed by atoms with Crippen molar-refractivity contribution in [3.05, 3.63) is 59.2 Å². The summed E-state index contributed by atoms with van der Waals surface area (Å²) in [5.41, 5.74) is 3.19. The summed E-state index contributed by atoms with van der Waals surface area (Å²) in [7, 11) is 0. The Morgan fingerprint density at radius 2 is 1.96 bits per heavy atom. The van der Waals surface area contributed by atoms with Crippen LogP contribution in [-0.2, 0) is 6.42 Å². The molecule has 0 amide bonds. The third-order valence-corrected chi connectivity index (χ3v) is 4.94. The molecule has 0 aliphatic heterocycles. The van der Waals surface area contributed by atoms with Crippen LogP contribution in [0.3, 0.4) is 0 Å². The number of halogens is 1. The molecule has 0 aliphatic rings. The van der Waals surface area contributed by atoms with E-state index < -0.39 is 0 Å². The van der Waals surface area contributed by atoms with Gasteiger partial charge < -0.3 is 4.42 Å². The van der Waals surface area contributed by atoms with Gasteiger partial charge in [0.05, 0.1) is 16.4 Å². The number of hydrogen-bond acceptors (Lipinski definition) is 4. The Morgan fingerprint density at radius 1 is 1.13 bits per heavy atom. The van der Waals surface area contributed by atoms with E-state index in [1.165, 1.54) is 5.56 Å². The summed E-state index contributed by atoms with van der Waals surface area (Å²) in [6.07, 6.45) is 2.77. The lowest BCUT2D eigenvalue weighted by Crippen LogP contribution is -1.79. The van der Waals surface area contributed by atoms with E-state index in [0.29, 0.717) is 10.9 Å². The van der Waals surface area contributed by atoms with Gasteiger partial charge in [-0.1, -0.05) is 42.8 Å². The van der Waals surface area contributed by atoms with Gasteiger partial charge in [0.25, 0.3) is 5.89 Å². The zero-order valence-corrected chi connectivity index (χ0v) is 14.0. The van der Waals surface area contributed by atoms with Crippen LogP contribution in [0, 0.1) is 0 Å². The lowest BCUT2D eigenvalue weighted by Gasteiger charge is -1.98. The number of aromatic nitrogens is 2. The van der Waals surface area contributed by atoms with E-state index in [4.69, 9.17) is 16.0 Å². The molecule has 0 N–H and O–H groups in total. The zero-order chi connectivity index (χ0) is 15.8. The second-order valence-corrected chi connectivity index (χ2v) is 6.68. The summed E-state index contributed by atoms with van der Waals surface area (Å²) < 4.78 is 6.96. The van der Waals surface area contributed by atoms with Crippen LogP contribution in [0.4, 0.5) is 0 Å². The smallest absolute Gasteiger partial charge is 0.256 e. The maximum Gasteiger partial charge on any atom is 0.256 e. The molecular formula is C18H13ClN2OS. The van der Waals surface area contributed by atoms with Gasteiger partial charge in [-0.2, -0.15) is 0 Å². The molecule has 0 fully saturated rings. The summed E-state index contributed by atoms with van der Waals surface area (Å²) in [4.78, 5) is 8.93. The van der Waals surface area contributed by atoms with Gasteiger partial charge in [0.2, 0.25) is 0 Å². The highest BCUT2D eigenvalue weighted by Gasteiger charge is 2.13. The number of fused-ring (bicyclic) bond motifs is 1. The molecule has 114 valence electrons. The Labute approximate surface area is 142 Å². The summed E-state index contributed by atoms with van der Waals surface area (Å²) in [5.74, 6) is 1.29. The molecule has 0 radical (unpaired) electrons. The van der Waals surface area contributed by atoms with E-state index in [0.717, 1.165) is 33.0 Å². The molecule has 3 nitrogen and oxygen atoms in total. The van der Waals surface area contributed by atoms with Crippen molar-refractivity contribution in [2.24, 2.45) is 0 Å². The van der Waals surface area contributed by atoms with Gasteiger partial charge in [-0.3, -0.25) is 0 Å². The van der Waals surface area contributed by atoms with Crippen LogP contribution in [0.15, 0.2) is 53.1 Å². The first kappa shape index (κ1) is 14.4. The molecule has 0 saturated heterocycles. The average Bonchev–Trinajstić information content (AvgIpc) is 3.21. The highest BCUT2D eigenvalue weighted by Crippen LogP contribution is 2.33. The van der Waals surface area contributed by atoms with Gasteiger partial charge in [-0.15, -0.1) is 11.3 Å². The van der Waals surface area contributed by atoms with Crippen molar-refractivity contribution < 1.29 is 4.42 Å². The van der Waals surface area contributed by atoms with Crippen LogP contribution in [0.2, 0.25) is 5.02 Å². The maximum absolute atomic E-state index is 6.01. The minimum absolute atomic E-state index is 0.539. The predicted molar refractivity (Wildman–Crippen MR) is 94.9 cm³/mol. The molecule has 2 heterocycles. The fourth-order valence-corrected chi connectivity index (χ4v) is 3.45. The van der Waals surface area contributed by atoms with Crippen LogP contribution in [0.1, 0.15) is 12.5 Å². The Balaban J connectivity index is 1.70. The average molecular weight is 341 g/mol. The number of hydrogen-bond donors (Lipinski definition) is 0. The molecule has 0 unspecified atom stereocenters. The van der Waals surface area contributed by atoms with E-state index in [2.05, 4.69) is 41.2 Å². The summed E-state index contributed by atoms with van der Waals surface area (Å²) in [6, 6.07) is 14.0. The highest BCUT2D eigenvalue weighted by molar-refractivity contribution is 7.21. The topological polar surface area (TPSA) is 38.9 Å². The van der Waals surface area contributed by atoms with Crippen molar-refractivity contribution in [3.63, 3.8) is 0 Å². The Hall–Kier alpha value is -2.17. The Morgan fingerprint density at radius 3 is 2.74 bits per heavy atom. The van der Waals surface area contributed by atoms with Crippen molar-refractivity contribution in [3.8, 4) is 22.2 Å².